The summed E-state index contributed by atoms with van der Waals surface area (Å²) in [4.78, 5) is 17.2. The summed E-state index contributed by atoms with van der Waals surface area (Å²) in [6.45, 7) is 1.58. The van der Waals surface area contributed by atoms with Crippen LogP contribution in [0.4, 0.5) is 0 Å². The Morgan fingerprint density at radius 1 is 1.23 bits per heavy atom. The summed E-state index contributed by atoms with van der Waals surface area (Å²) in [6.07, 6.45) is 5.38. The first kappa shape index (κ1) is 24.9. The zero-order valence-corrected chi connectivity index (χ0v) is 20.7. The van der Waals surface area contributed by atoms with Gasteiger partial charge < -0.3 is 9.88 Å². The van der Waals surface area contributed by atoms with Crippen LogP contribution in [0.2, 0.25) is 5.02 Å². The van der Waals surface area contributed by atoms with E-state index in [2.05, 4.69) is 16.4 Å². The molecule has 8 nitrogen and oxygen atoms in total. The fourth-order valence-electron chi connectivity index (χ4n) is 4.19. The van der Waals surface area contributed by atoms with Crippen molar-refractivity contribution in [1.29, 1.82) is 5.26 Å². The van der Waals surface area contributed by atoms with Gasteiger partial charge >= 0.3 is 0 Å². The maximum Gasteiger partial charge on any atom is 0.243 e. The lowest BCUT2D eigenvalue weighted by molar-refractivity contribution is -0.126. The lowest BCUT2D eigenvalue weighted by Crippen LogP contribution is -2.45. The van der Waals surface area contributed by atoms with E-state index < -0.39 is 15.9 Å². The number of carbonyl (C=O) groups excluding carboxylic acids is 1. The van der Waals surface area contributed by atoms with Crippen LogP contribution in [-0.2, 0) is 27.8 Å². The number of nitriles is 1. The van der Waals surface area contributed by atoms with Gasteiger partial charge in [0.2, 0.25) is 15.9 Å². The molecule has 1 aromatic heterocycles. The van der Waals surface area contributed by atoms with E-state index >= 15 is 0 Å². The lowest BCUT2D eigenvalue weighted by Gasteiger charge is -2.31. The van der Waals surface area contributed by atoms with E-state index in [4.69, 9.17) is 16.9 Å². The fourth-order valence-corrected chi connectivity index (χ4v) is 6.01. The van der Waals surface area contributed by atoms with Gasteiger partial charge in [-0.2, -0.15) is 9.57 Å². The number of nitrogens with zero attached hydrogens (tertiary/aromatic N) is 4. The van der Waals surface area contributed by atoms with Gasteiger partial charge in [0.15, 0.2) is 0 Å². The van der Waals surface area contributed by atoms with Gasteiger partial charge in [-0.15, -0.1) is 0 Å². The number of sulfonamides is 1. The highest BCUT2D eigenvalue weighted by Gasteiger charge is 2.33. The van der Waals surface area contributed by atoms with Crippen LogP contribution in [0.5, 0.6) is 0 Å². The minimum Gasteiger partial charge on any atom is -0.355 e. The number of benzene rings is 2. The second-order valence-electron chi connectivity index (χ2n) is 8.52. The molecule has 1 aliphatic rings. The van der Waals surface area contributed by atoms with Crippen molar-refractivity contribution in [1.82, 2.24) is 19.2 Å². The average molecular weight is 512 g/mol. The summed E-state index contributed by atoms with van der Waals surface area (Å²) < 4.78 is 29.4. The second kappa shape index (κ2) is 11.0. The largest absolute Gasteiger partial charge is 0.355 e. The molecular formula is C25H26ClN5O3S. The summed E-state index contributed by atoms with van der Waals surface area (Å²) in [5, 5.41) is 12.3. The van der Waals surface area contributed by atoms with Crippen LogP contribution in [0.1, 0.15) is 29.7 Å². The van der Waals surface area contributed by atoms with Gasteiger partial charge in [0.05, 0.1) is 28.8 Å². The van der Waals surface area contributed by atoms with Crippen LogP contribution >= 0.6 is 11.6 Å². The smallest absolute Gasteiger partial charge is 0.243 e. The molecular weight excluding hydrogens is 486 g/mol. The van der Waals surface area contributed by atoms with E-state index in [9.17, 15) is 13.2 Å². The summed E-state index contributed by atoms with van der Waals surface area (Å²) in [5.41, 5.74) is 2.64. The van der Waals surface area contributed by atoms with Gasteiger partial charge in [-0.1, -0.05) is 29.8 Å². The third-order valence-corrected chi connectivity index (χ3v) is 8.20. The van der Waals surface area contributed by atoms with E-state index in [-0.39, 0.29) is 17.3 Å². The number of nitrogens with one attached hydrogen (secondary N) is 1. The monoisotopic (exact) mass is 511 g/mol. The van der Waals surface area contributed by atoms with Crippen molar-refractivity contribution in [2.75, 3.05) is 19.6 Å². The molecule has 2 heterocycles. The predicted molar refractivity (Wildman–Crippen MR) is 132 cm³/mol. The molecule has 10 heteroatoms. The first-order chi connectivity index (χ1) is 16.9. The Hall–Kier alpha value is -3.19. The molecule has 0 aliphatic carbocycles. The fraction of sp³-hybridized carbons (Fsp3) is 0.320. The van der Waals surface area contributed by atoms with Crippen molar-refractivity contribution in [3.8, 4) is 6.07 Å². The van der Waals surface area contributed by atoms with Crippen LogP contribution < -0.4 is 5.32 Å². The molecule has 1 fully saturated rings. The van der Waals surface area contributed by atoms with Gasteiger partial charge in [0.1, 0.15) is 0 Å². The molecule has 3 aromatic rings. The number of carbonyl (C=O) groups is 1. The van der Waals surface area contributed by atoms with Crippen molar-refractivity contribution in [2.24, 2.45) is 5.92 Å². The number of piperidine rings is 1. The zero-order chi connectivity index (χ0) is 24.8. The molecule has 1 saturated heterocycles. The molecule has 0 spiro atoms. The number of hydrogen-bond acceptors (Lipinski definition) is 5. The first-order valence-corrected chi connectivity index (χ1v) is 13.2. The van der Waals surface area contributed by atoms with Crippen molar-refractivity contribution < 1.29 is 13.2 Å². The van der Waals surface area contributed by atoms with Gasteiger partial charge in [-0.3, -0.25) is 4.79 Å². The third-order valence-electron chi connectivity index (χ3n) is 6.10. The van der Waals surface area contributed by atoms with Gasteiger partial charge in [-0.05, 0) is 48.7 Å². The van der Waals surface area contributed by atoms with Crippen LogP contribution in [0.25, 0.3) is 0 Å². The molecule has 4 rings (SSSR count). The standard InChI is InChI=1S/C25H26ClN5O3S/c26-22-4-1-5-24(13-22)35(33,34)31-12-2-3-21(17-31)25(32)29-11-10-23-15-28-18-30(23)16-20-8-6-19(14-27)7-9-20/h1,4-9,13,15,18,21H,2-3,10-12,16-17H2,(H,29,32). The molecule has 1 atom stereocenters. The normalized spacial score (nSPS) is 16.5. The highest BCUT2D eigenvalue weighted by atomic mass is 35.5. The zero-order valence-electron chi connectivity index (χ0n) is 19.1. The Morgan fingerprint density at radius 3 is 2.77 bits per heavy atom. The SMILES string of the molecule is N#Cc1ccc(Cn2cncc2CCNC(=O)C2CCCN(S(=O)(=O)c3cccc(Cl)c3)C2)cc1. The number of rotatable bonds is 8. The van der Waals surface area contributed by atoms with Crippen LogP contribution in [0.3, 0.4) is 0 Å². The van der Waals surface area contributed by atoms with E-state index in [1.165, 1.54) is 16.4 Å². The summed E-state index contributed by atoms with van der Waals surface area (Å²) in [6, 6.07) is 15.7. The minimum atomic E-state index is -3.71. The average Bonchev–Trinajstić information content (AvgIpc) is 3.31. The topological polar surface area (TPSA) is 108 Å². The predicted octanol–water partition coefficient (Wildman–Crippen LogP) is 3.22. The van der Waals surface area contributed by atoms with Gasteiger partial charge in [0.25, 0.3) is 0 Å². The Balaban J connectivity index is 1.31. The van der Waals surface area contributed by atoms with Crippen molar-refractivity contribution in [2.45, 2.75) is 30.7 Å². The number of hydrogen-bond donors (Lipinski definition) is 1. The van der Waals surface area contributed by atoms with Gasteiger partial charge in [0, 0.05) is 49.5 Å². The van der Waals surface area contributed by atoms with Crippen molar-refractivity contribution in [3.63, 3.8) is 0 Å². The Bertz CT molecular complexity index is 1330. The lowest BCUT2D eigenvalue weighted by atomic mass is 9.99. The molecule has 182 valence electrons. The van der Waals surface area contributed by atoms with Crippen LogP contribution in [-0.4, -0.2) is 47.8 Å². The van der Waals surface area contributed by atoms with E-state index in [0.29, 0.717) is 49.5 Å². The van der Waals surface area contributed by atoms with E-state index in [1.807, 2.05) is 16.7 Å². The maximum absolute atomic E-state index is 13.0. The molecule has 0 saturated carbocycles. The van der Waals surface area contributed by atoms with E-state index in [0.717, 1.165) is 11.3 Å². The first-order valence-electron chi connectivity index (χ1n) is 11.4. The summed E-state index contributed by atoms with van der Waals surface area (Å²) in [7, 11) is -3.71. The molecule has 1 unspecified atom stereocenters. The molecule has 1 N–H and O–H groups in total. The molecule has 1 aliphatic heterocycles. The Kier molecular flexibility index (Phi) is 7.86. The van der Waals surface area contributed by atoms with E-state index in [1.54, 1.807) is 36.8 Å². The van der Waals surface area contributed by atoms with Gasteiger partial charge in [-0.25, -0.2) is 13.4 Å². The van der Waals surface area contributed by atoms with Crippen molar-refractivity contribution in [3.05, 3.63) is 82.9 Å². The van der Waals surface area contributed by atoms with Crippen LogP contribution in [0.15, 0.2) is 66.0 Å². The Labute approximate surface area is 210 Å². The number of amides is 1. The van der Waals surface area contributed by atoms with Crippen molar-refractivity contribution >= 4 is 27.5 Å². The Morgan fingerprint density at radius 2 is 2.03 bits per heavy atom. The van der Waals surface area contributed by atoms with Crippen LogP contribution in [0, 0.1) is 17.2 Å². The number of imidazole rings is 1. The third kappa shape index (κ3) is 6.09. The number of aromatic nitrogens is 2. The molecule has 1 amide bonds. The quantitative estimate of drug-likeness (QED) is 0.499. The number of halogens is 1. The highest BCUT2D eigenvalue weighted by Crippen LogP contribution is 2.25. The molecule has 2 aromatic carbocycles. The maximum atomic E-state index is 13.0. The molecule has 35 heavy (non-hydrogen) atoms. The highest BCUT2D eigenvalue weighted by molar-refractivity contribution is 7.89. The molecule has 0 bridgehead atoms. The summed E-state index contributed by atoms with van der Waals surface area (Å²) in [5.74, 6) is -0.546. The minimum absolute atomic E-state index is 0.140. The second-order valence-corrected chi connectivity index (χ2v) is 10.9. The molecule has 0 radical (unpaired) electrons. The summed E-state index contributed by atoms with van der Waals surface area (Å²) >= 11 is 5.97.